The Labute approximate surface area is 113 Å². The van der Waals surface area contributed by atoms with E-state index in [4.69, 9.17) is 5.73 Å². The molecule has 0 spiro atoms. The predicted octanol–water partition coefficient (Wildman–Crippen LogP) is 2.79. The third-order valence-corrected chi connectivity index (χ3v) is 5.34. The van der Waals surface area contributed by atoms with E-state index in [1.54, 1.807) is 10.4 Å². The molecule has 1 aliphatic carbocycles. The van der Waals surface area contributed by atoms with Gasteiger partial charge in [-0.3, -0.25) is 4.90 Å². The fourth-order valence-corrected chi connectivity index (χ4v) is 4.40. The average Bonchev–Trinajstić information content (AvgIpc) is 3.04. The zero-order valence-electron chi connectivity index (χ0n) is 10.9. The molecule has 3 rings (SSSR count). The van der Waals surface area contributed by atoms with Crippen molar-refractivity contribution in [3.05, 3.63) is 45.2 Å². The summed E-state index contributed by atoms with van der Waals surface area (Å²) in [7, 11) is 0. The molecule has 1 aromatic rings. The molecule has 0 amide bonds. The summed E-state index contributed by atoms with van der Waals surface area (Å²) in [5, 5.41) is 0. The Hall–Kier alpha value is -0.900. The van der Waals surface area contributed by atoms with Crippen LogP contribution in [0.15, 0.2) is 24.3 Å². The summed E-state index contributed by atoms with van der Waals surface area (Å²) in [6.07, 6.45) is 10.00. The monoisotopic (exact) mass is 260 g/mol. The van der Waals surface area contributed by atoms with Gasteiger partial charge in [-0.2, -0.15) is 0 Å². The van der Waals surface area contributed by atoms with E-state index in [0.717, 1.165) is 13.1 Å². The third kappa shape index (κ3) is 1.96. The summed E-state index contributed by atoms with van der Waals surface area (Å²) in [5.74, 6) is 0.467. The maximum absolute atomic E-state index is 6.00. The lowest BCUT2D eigenvalue weighted by Crippen LogP contribution is -2.29. The van der Waals surface area contributed by atoms with Crippen molar-refractivity contribution in [2.24, 2.45) is 5.73 Å². The number of hydrogen-bond acceptors (Lipinski definition) is 3. The van der Waals surface area contributed by atoms with Crippen LogP contribution in [0.5, 0.6) is 0 Å². The second kappa shape index (κ2) is 5.00. The van der Waals surface area contributed by atoms with Crippen molar-refractivity contribution in [3.63, 3.8) is 0 Å². The average molecular weight is 260 g/mol. The van der Waals surface area contributed by atoms with Gasteiger partial charge in [0.25, 0.3) is 0 Å². The zero-order chi connectivity index (χ0) is 12.5. The molecule has 2 N–H and O–H groups in total. The molecule has 0 saturated carbocycles. The van der Waals surface area contributed by atoms with E-state index in [0.29, 0.717) is 12.5 Å². The highest BCUT2D eigenvalue weighted by Crippen LogP contribution is 2.39. The molecular weight excluding hydrogens is 240 g/mol. The van der Waals surface area contributed by atoms with E-state index in [2.05, 4.69) is 36.1 Å². The van der Waals surface area contributed by atoms with Crippen molar-refractivity contribution in [2.45, 2.75) is 32.4 Å². The summed E-state index contributed by atoms with van der Waals surface area (Å²) >= 11 is 1.98. The summed E-state index contributed by atoms with van der Waals surface area (Å²) in [6.45, 7) is 6.37. The van der Waals surface area contributed by atoms with Crippen LogP contribution in [-0.2, 0) is 19.5 Å². The van der Waals surface area contributed by atoms with Crippen molar-refractivity contribution in [3.8, 4) is 0 Å². The minimum absolute atomic E-state index is 0.467. The quantitative estimate of drug-likeness (QED) is 0.905. The molecule has 0 unspecified atom stereocenters. The van der Waals surface area contributed by atoms with Crippen LogP contribution in [0.4, 0.5) is 0 Å². The molecule has 2 heterocycles. The highest BCUT2D eigenvalue weighted by molar-refractivity contribution is 7.12. The summed E-state index contributed by atoms with van der Waals surface area (Å²) in [6, 6.07) is 0. The maximum atomic E-state index is 6.00. The van der Waals surface area contributed by atoms with E-state index in [9.17, 15) is 0 Å². The Morgan fingerprint density at radius 1 is 1.39 bits per heavy atom. The van der Waals surface area contributed by atoms with Gasteiger partial charge in [-0.25, -0.2) is 0 Å². The highest BCUT2D eigenvalue weighted by atomic mass is 32.1. The predicted molar refractivity (Wildman–Crippen MR) is 77.9 cm³/mol. The van der Waals surface area contributed by atoms with Crippen LogP contribution in [0.25, 0.3) is 0 Å². The Bertz CT molecular complexity index is 487. The van der Waals surface area contributed by atoms with E-state index < -0.39 is 0 Å². The van der Waals surface area contributed by atoms with Crippen molar-refractivity contribution < 1.29 is 0 Å². The van der Waals surface area contributed by atoms with Crippen LogP contribution in [-0.4, -0.2) is 18.0 Å². The first kappa shape index (κ1) is 12.2. The Balaban J connectivity index is 1.98. The number of hydrogen-bond donors (Lipinski definition) is 1. The van der Waals surface area contributed by atoms with Crippen LogP contribution in [0.1, 0.15) is 33.7 Å². The second-order valence-corrected chi connectivity index (χ2v) is 6.10. The molecule has 1 aliphatic heterocycles. The molecule has 96 valence electrons. The molecule has 3 heteroatoms. The molecule has 0 aromatic carbocycles. The molecule has 0 atom stereocenters. The van der Waals surface area contributed by atoms with Gasteiger partial charge in [-0.1, -0.05) is 31.2 Å². The van der Waals surface area contributed by atoms with Gasteiger partial charge in [0, 0.05) is 35.3 Å². The van der Waals surface area contributed by atoms with Crippen molar-refractivity contribution >= 4 is 11.3 Å². The van der Waals surface area contributed by atoms with E-state index in [1.165, 1.54) is 23.4 Å². The van der Waals surface area contributed by atoms with Crippen molar-refractivity contribution in [1.29, 1.82) is 0 Å². The largest absolute Gasteiger partial charge is 0.326 e. The zero-order valence-corrected chi connectivity index (χ0v) is 11.7. The van der Waals surface area contributed by atoms with Crippen LogP contribution in [0, 0.1) is 0 Å². The van der Waals surface area contributed by atoms with Crippen LogP contribution in [0.3, 0.4) is 0 Å². The molecule has 0 fully saturated rings. The maximum Gasteiger partial charge on any atom is 0.0330 e. The first-order valence-electron chi connectivity index (χ1n) is 6.74. The van der Waals surface area contributed by atoms with Gasteiger partial charge in [0.05, 0.1) is 0 Å². The van der Waals surface area contributed by atoms with Crippen LogP contribution in [0.2, 0.25) is 0 Å². The molecule has 2 nitrogen and oxygen atoms in total. The molecule has 18 heavy (non-hydrogen) atoms. The van der Waals surface area contributed by atoms with Gasteiger partial charge in [-0.05, 0) is 24.1 Å². The standard InChI is InChI=1S/C15H20N2S/c1-2-17-8-7-12-13(9-16)15(18-14(12)10-17)11-5-3-4-6-11/h3-6,11H,2,7-10,16H2,1H3. The molecule has 2 aliphatic rings. The Morgan fingerprint density at radius 2 is 2.17 bits per heavy atom. The Morgan fingerprint density at radius 3 is 2.83 bits per heavy atom. The normalized spacial score (nSPS) is 19.7. The third-order valence-electron chi connectivity index (χ3n) is 3.98. The smallest absolute Gasteiger partial charge is 0.0330 e. The fraction of sp³-hybridized carbons (Fsp3) is 0.467. The van der Waals surface area contributed by atoms with E-state index >= 15 is 0 Å². The molecule has 0 saturated heterocycles. The van der Waals surface area contributed by atoms with Crippen LogP contribution < -0.4 is 5.73 Å². The lowest BCUT2D eigenvalue weighted by molar-refractivity contribution is 0.271. The number of nitrogens with zero attached hydrogens (tertiary/aromatic N) is 1. The van der Waals surface area contributed by atoms with Crippen LogP contribution >= 0.6 is 11.3 Å². The Kier molecular flexibility index (Phi) is 3.37. The number of likely N-dealkylation sites (N-methyl/N-ethyl adjacent to an activating group) is 1. The minimum atomic E-state index is 0.467. The lowest BCUT2D eigenvalue weighted by Gasteiger charge is -2.25. The lowest BCUT2D eigenvalue weighted by atomic mass is 9.97. The second-order valence-electron chi connectivity index (χ2n) is 4.97. The van der Waals surface area contributed by atoms with Crippen molar-refractivity contribution in [2.75, 3.05) is 13.1 Å². The number of rotatable bonds is 3. The number of nitrogens with two attached hydrogens (primary N) is 1. The molecule has 1 aromatic heterocycles. The van der Waals surface area contributed by atoms with Gasteiger partial charge in [-0.15, -0.1) is 11.3 Å². The molecular formula is C15H20N2S. The minimum Gasteiger partial charge on any atom is -0.326 e. The SMILES string of the molecule is CCN1CCc2c(sc(C3C=CC=C3)c2CN)C1. The van der Waals surface area contributed by atoms with E-state index in [-0.39, 0.29) is 0 Å². The van der Waals surface area contributed by atoms with Crippen molar-refractivity contribution in [1.82, 2.24) is 4.90 Å². The van der Waals surface area contributed by atoms with E-state index in [1.807, 2.05) is 11.3 Å². The van der Waals surface area contributed by atoms with Gasteiger partial charge in [0.15, 0.2) is 0 Å². The first-order valence-corrected chi connectivity index (χ1v) is 7.55. The number of fused-ring (bicyclic) bond motifs is 1. The first-order chi connectivity index (χ1) is 8.83. The number of allylic oxidation sites excluding steroid dienone is 4. The van der Waals surface area contributed by atoms with Gasteiger partial charge in [0.1, 0.15) is 0 Å². The van der Waals surface area contributed by atoms with Gasteiger partial charge >= 0.3 is 0 Å². The summed E-state index contributed by atoms with van der Waals surface area (Å²) < 4.78 is 0. The fourth-order valence-electron chi connectivity index (χ4n) is 2.91. The summed E-state index contributed by atoms with van der Waals surface area (Å²) in [4.78, 5) is 5.54. The molecule has 0 radical (unpaired) electrons. The highest BCUT2D eigenvalue weighted by Gasteiger charge is 2.25. The topological polar surface area (TPSA) is 29.3 Å². The van der Waals surface area contributed by atoms with Gasteiger partial charge in [0.2, 0.25) is 0 Å². The van der Waals surface area contributed by atoms with Gasteiger partial charge < -0.3 is 5.73 Å². The number of thiophene rings is 1. The summed E-state index contributed by atoms with van der Waals surface area (Å²) in [5.41, 5.74) is 8.97. The molecule has 0 bridgehead atoms.